The van der Waals surface area contributed by atoms with E-state index in [9.17, 15) is 9.18 Å². The molecule has 1 aromatic carbocycles. The fourth-order valence-electron chi connectivity index (χ4n) is 2.12. The van der Waals surface area contributed by atoms with Gasteiger partial charge in [0.25, 0.3) is 0 Å². The second-order valence-electron chi connectivity index (χ2n) is 4.92. The molecule has 1 amide bonds. The summed E-state index contributed by atoms with van der Waals surface area (Å²) in [5.41, 5.74) is 1.80. The maximum Gasteiger partial charge on any atom is 0.238 e. The number of aromatic nitrogens is 3. The van der Waals surface area contributed by atoms with Gasteiger partial charge in [-0.1, -0.05) is 30.8 Å². The van der Waals surface area contributed by atoms with Crippen LogP contribution >= 0.6 is 11.8 Å². The van der Waals surface area contributed by atoms with Crippen LogP contribution < -0.4 is 5.32 Å². The number of rotatable bonds is 5. The van der Waals surface area contributed by atoms with Gasteiger partial charge in [0.15, 0.2) is 5.16 Å². The fourth-order valence-corrected chi connectivity index (χ4v) is 3.04. The summed E-state index contributed by atoms with van der Waals surface area (Å²) in [6, 6.07) is 7.92. The van der Waals surface area contributed by atoms with E-state index in [1.165, 1.54) is 23.9 Å². The van der Waals surface area contributed by atoms with Crippen molar-refractivity contribution in [3.05, 3.63) is 48.5 Å². The quantitative estimate of drug-likeness (QED) is 0.701. The number of para-hydroxylation sites is 1. The summed E-state index contributed by atoms with van der Waals surface area (Å²) in [4.78, 5) is 23.9. The van der Waals surface area contributed by atoms with Crippen LogP contribution in [-0.4, -0.2) is 26.1 Å². The summed E-state index contributed by atoms with van der Waals surface area (Å²) < 4.78 is 13.6. The molecule has 0 saturated heterocycles. The van der Waals surface area contributed by atoms with Crippen LogP contribution in [0.3, 0.4) is 0 Å². The van der Waals surface area contributed by atoms with E-state index < -0.39 is 5.82 Å². The van der Waals surface area contributed by atoms with Crippen molar-refractivity contribution in [2.45, 2.75) is 23.8 Å². The fraction of sp³-hybridized carbons (Fsp3) is 0.188. The Labute approximate surface area is 136 Å². The molecule has 7 heteroatoms. The van der Waals surface area contributed by atoms with Gasteiger partial charge >= 0.3 is 0 Å². The molecular weight excluding hydrogens is 315 g/mol. The third kappa shape index (κ3) is 3.50. The van der Waals surface area contributed by atoms with Crippen molar-refractivity contribution in [2.75, 3.05) is 5.32 Å². The second-order valence-corrected chi connectivity index (χ2v) is 6.11. The van der Waals surface area contributed by atoms with Crippen LogP contribution in [0.25, 0.3) is 11.0 Å². The summed E-state index contributed by atoms with van der Waals surface area (Å²) in [6.45, 7) is 1.91. The highest BCUT2D eigenvalue weighted by atomic mass is 32.2. The minimum atomic E-state index is -0.449. The van der Waals surface area contributed by atoms with E-state index in [0.717, 1.165) is 11.0 Å². The first kappa shape index (κ1) is 15.5. The van der Waals surface area contributed by atoms with Crippen molar-refractivity contribution in [1.29, 1.82) is 0 Å². The number of carbonyl (C=O) groups excluding carboxylic acids is 1. The molecule has 0 bridgehead atoms. The van der Waals surface area contributed by atoms with Crippen molar-refractivity contribution >= 4 is 34.4 Å². The molecule has 0 fully saturated rings. The van der Waals surface area contributed by atoms with Crippen molar-refractivity contribution in [2.24, 2.45) is 0 Å². The molecule has 1 atom stereocenters. The molecule has 2 heterocycles. The normalized spacial score (nSPS) is 12.3. The Bertz CT molecular complexity index is 803. The third-order valence-corrected chi connectivity index (χ3v) is 4.56. The topological polar surface area (TPSA) is 70.7 Å². The molecule has 0 aliphatic heterocycles. The van der Waals surface area contributed by atoms with Crippen LogP contribution in [0, 0.1) is 5.82 Å². The minimum Gasteiger partial charge on any atom is -0.332 e. The molecule has 0 aliphatic rings. The molecule has 0 radical (unpaired) electrons. The van der Waals surface area contributed by atoms with E-state index in [1.807, 2.05) is 6.92 Å². The van der Waals surface area contributed by atoms with Crippen molar-refractivity contribution in [3.63, 3.8) is 0 Å². The van der Waals surface area contributed by atoms with E-state index in [4.69, 9.17) is 0 Å². The number of nitrogens with zero attached hydrogens (tertiary/aromatic N) is 2. The average molecular weight is 330 g/mol. The van der Waals surface area contributed by atoms with Crippen molar-refractivity contribution in [3.8, 4) is 0 Å². The largest absolute Gasteiger partial charge is 0.332 e. The third-order valence-electron chi connectivity index (χ3n) is 3.31. The standard InChI is InChI=1S/C16H15FN4OS/c1-2-14(15(22)19-11-6-4-3-5-10(11)17)23-16-20-12-7-8-18-9-13(12)21-16/h3-9,14H,2H2,1H3,(H,19,22)(H,20,21)/t14-/m1/s1. The van der Waals surface area contributed by atoms with Crippen LogP contribution in [0.4, 0.5) is 10.1 Å². The molecule has 0 saturated carbocycles. The van der Waals surface area contributed by atoms with Gasteiger partial charge in [-0.2, -0.15) is 0 Å². The van der Waals surface area contributed by atoms with E-state index >= 15 is 0 Å². The highest BCUT2D eigenvalue weighted by Gasteiger charge is 2.20. The number of amides is 1. The predicted molar refractivity (Wildman–Crippen MR) is 88.9 cm³/mol. The molecule has 2 N–H and O–H groups in total. The van der Waals surface area contributed by atoms with E-state index in [2.05, 4.69) is 20.3 Å². The Hall–Kier alpha value is -2.41. The van der Waals surface area contributed by atoms with Gasteiger partial charge in [-0.15, -0.1) is 0 Å². The van der Waals surface area contributed by atoms with Gasteiger partial charge in [0.2, 0.25) is 5.91 Å². The lowest BCUT2D eigenvalue weighted by atomic mass is 10.2. The zero-order valence-electron chi connectivity index (χ0n) is 12.4. The number of aromatic amines is 1. The number of anilines is 1. The number of carbonyl (C=O) groups is 1. The zero-order valence-corrected chi connectivity index (χ0v) is 13.2. The Morgan fingerprint density at radius 2 is 2.22 bits per heavy atom. The molecule has 23 heavy (non-hydrogen) atoms. The Balaban J connectivity index is 1.74. The van der Waals surface area contributed by atoms with Crippen LogP contribution in [0.2, 0.25) is 0 Å². The summed E-state index contributed by atoms with van der Waals surface area (Å²) in [5, 5.41) is 2.90. The van der Waals surface area contributed by atoms with E-state index in [-0.39, 0.29) is 16.8 Å². The number of hydrogen-bond donors (Lipinski definition) is 2. The first-order valence-electron chi connectivity index (χ1n) is 7.19. The maximum atomic E-state index is 13.6. The average Bonchev–Trinajstić information content (AvgIpc) is 2.97. The molecule has 0 unspecified atom stereocenters. The number of benzene rings is 1. The van der Waals surface area contributed by atoms with Gasteiger partial charge in [0, 0.05) is 6.20 Å². The smallest absolute Gasteiger partial charge is 0.238 e. The summed E-state index contributed by atoms with van der Waals surface area (Å²) >= 11 is 1.32. The van der Waals surface area contributed by atoms with Gasteiger partial charge < -0.3 is 10.3 Å². The van der Waals surface area contributed by atoms with Crippen LogP contribution in [0.15, 0.2) is 47.9 Å². The lowest BCUT2D eigenvalue weighted by molar-refractivity contribution is -0.115. The Morgan fingerprint density at radius 3 is 2.96 bits per heavy atom. The number of fused-ring (bicyclic) bond motifs is 1. The number of nitrogens with one attached hydrogen (secondary N) is 2. The van der Waals surface area contributed by atoms with Gasteiger partial charge in [-0.25, -0.2) is 9.37 Å². The van der Waals surface area contributed by atoms with Gasteiger partial charge in [0.05, 0.1) is 28.2 Å². The summed E-state index contributed by atoms with van der Waals surface area (Å²) in [7, 11) is 0. The minimum absolute atomic E-state index is 0.186. The van der Waals surface area contributed by atoms with Crippen LogP contribution in [-0.2, 0) is 4.79 Å². The lowest BCUT2D eigenvalue weighted by Gasteiger charge is -2.13. The highest BCUT2D eigenvalue weighted by Crippen LogP contribution is 2.26. The Morgan fingerprint density at radius 1 is 1.39 bits per heavy atom. The zero-order chi connectivity index (χ0) is 16.2. The number of imidazole rings is 1. The van der Waals surface area contributed by atoms with Crippen molar-refractivity contribution < 1.29 is 9.18 Å². The van der Waals surface area contributed by atoms with Gasteiger partial charge in [0.1, 0.15) is 5.82 Å². The van der Waals surface area contributed by atoms with Crippen molar-refractivity contribution in [1.82, 2.24) is 15.0 Å². The first-order valence-corrected chi connectivity index (χ1v) is 8.07. The number of H-pyrrole nitrogens is 1. The van der Waals surface area contributed by atoms with Gasteiger partial charge in [-0.3, -0.25) is 9.78 Å². The number of thioether (sulfide) groups is 1. The molecule has 118 valence electrons. The Kier molecular flexibility index (Phi) is 4.57. The van der Waals surface area contributed by atoms with E-state index in [1.54, 1.807) is 30.6 Å². The highest BCUT2D eigenvalue weighted by molar-refractivity contribution is 8.00. The number of halogens is 1. The predicted octanol–water partition coefficient (Wildman–Crippen LogP) is 3.61. The SMILES string of the molecule is CC[C@@H](Sc1nc2ccncc2[nH]1)C(=O)Nc1ccccc1F. The first-order chi connectivity index (χ1) is 11.2. The molecular formula is C16H15FN4OS. The van der Waals surface area contributed by atoms with E-state index in [0.29, 0.717) is 11.6 Å². The molecule has 5 nitrogen and oxygen atoms in total. The molecule has 2 aromatic heterocycles. The number of hydrogen-bond acceptors (Lipinski definition) is 4. The summed E-state index contributed by atoms with van der Waals surface area (Å²) in [5.74, 6) is -0.698. The maximum absolute atomic E-state index is 13.6. The van der Waals surface area contributed by atoms with Crippen LogP contribution in [0.1, 0.15) is 13.3 Å². The summed E-state index contributed by atoms with van der Waals surface area (Å²) in [6.07, 6.45) is 3.95. The van der Waals surface area contributed by atoms with Crippen LogP contribution in [0.5, 0.6) is 0 Å². The monoisotopic (exact) mass is 330 g/mol. The molecule has 3 aromatic rings. The van der Waals surface area contributed by atoms with Gasteiger partial charge in [-0.05, 0) is 24.6 Å². The molecule has 0 spiro atoms. The number of pyridine rings is 1. The molecule has 0 aliphatic carbocycles. The molecule has 3 rings (SSSR count). The second kappa shape index (κ2) is 6.78. The lowest BCUT2D eigenvalue weighted by Crippen LogP contribution is -2.25.